The zero-order valence-corrected chi connectivity index (χ0v) is 10.3. The molecule has 92 valence electrons. The number of aromatic nitrogens is 2. The van der Waals surface area contributed by atoms with Crippen LogP contribution < -0.4 is 10.6 Å². The highest BCUT2D eigenvalue weighted by Crippen LogP contribution is 2.13. The summed E-state index contributed by atoms with van der Waals surface area (Å²) in [5.74, 6) is -1.51. The minimum atomic E-state index is -0.769. The maximum absolute atomic E-state index is 11.6. The second-order valence-electron chi connectivity index (χ2n) is 3.40. The van der Waals surface area contributed by atoms with Crippen LogP contribution in [-0.2, 0) is 9.59 Å². The van der Waals surface area contributed by atoms with E-state index in [1.807, 2.05) is 6.07 Å². The van der Waals surface area contributed by atoms with Gasteiger partial charge in [0, 0.05) is 5.69 Å². The van der Waals surface area contributed by atoms with E-state index in [0.29, 0.717) is 15.8 Å². The fourth-order valence-electron chi connectivity index (χ4n) is 1.21. The van der Waals surface area contributed by atoms with Crippen LogP contribution in [0.2, 0.25) is 0 Å². The molecule has 0 aliphatic heterocycles. The molecule has 0 saturated heterocycles. The number of para-hydroxylation sites is 1. The van der Waals surface area contributed by atoms with Crippen LogP contribution in [0.1, 0.15) is 5.01 Å². The van der Waals surface area contributed by atoms with Gasteiger partial charge < -0.3 is 5.32 Å². The lowest BCUT2D eigenvalue weighted by Gasteiger charge is -2.03. The average molecular weight is 262 g/mol. The molecule has 6 nitrogen and oxygen atoms in total. The Bertz CT molecular complexity index is 567. The number of hydrogen-bond donors (Lipinski definition) is 2. The standard InChI is InChI=1S/C11H10N4O2S/c1-7-14-15-11(18-7)13-10(17)9(16)12-8-5-3-2-4-6-8/h2-6H,1H3,(H,12,16)(H,13,15,17). The Kier molecular flexibility index (Phi) is 3.63. The van der Waals surface area contributed by atoms with Crippen LogP contribution in [0.15, 0.2) is 30.3 Å². The molecule has 0 atom stereocenters. The van der Waals surface area contributed by atoms with Crippen LogP contribution in [0.3, 0.4) is 0 Å². The van der Waals surface area contributed by atoms with Crippen molar-refractivity contribution < 1.29 is 9.59 Å². The molecular formula is C11H10N4O2S. The van der Waals surface area contributed by atoms with Crippen LogP contribution in [-0.4, -0.2) is 22.0 Å². The van der Waals surface area contributed by atoms with Crippen LogP contribution in [0, 0.1) is 6.92 Å². The summed E-state index contributed by atoms with van der Waals surface area (Å²) in [5, 5.41) is 13.3. The van der Waals surface area contributed by atoms with E-state index in [2.05, 4.69) is 20.8 Å². The monoisotopic (exact) mass is 262 g/mol. The Labute approximate surface area is 107 Å². The second-order valence-corrected chi connectivity index (χ2v) is 4.58. The lowest BCUT2D eigenvalue weighted by Crippen LogP contribution is -2.28. The molecule has 1 heterocycles. The third kappa shape index (κ3) is 3.11. The maximum Gasteiger partial charge on any atom is 0.315 e. The van der Waals surface area contributed by atoms with E-state index in [1.54, 1.807) is 31.2 Å². The minimum absolute atomic E-state index is 0.306. The van der Waals surface area contributed by atoms with Gasteiger partial charge in [-0.25, -0.2) is 0 Å². The molecule has 0 bridgehead atoms. The lowest BCUT2D eigenvalue weighted by molar-refractivity contribution is -0.133. The van der Waals surface area contributed by atoms with E-state index in [-0.39, 0.29) is 0 Å². The molecule has 0 radical (unpaired) electrons. The smallest absolute Gasteiger partial charge is 0.315 e. The Morgan fingerprint density at radius 2 is 1.72 bits per heavy atom. The van der Waals surface area contributed by atoms with Gasteiger partial charge in [-0.05, 0) is 19.1 Å². The molecule has 0 saturated carbocycles. The van der Waals surface area contributed by atoms with Crippen molar-refractivity contribution in [2.75, 3.05) is 10.6 Å². The Balaban J connectivity index is 1.95. The van der Waals surface area contributed by atoms with E-state index in [4.69, 9.17) is 0 Å². The number of hydrogen-bond acceptors (Lipinski definition) is 5. The normalized spacial score (nSPS) is 9.83. The van der Waals surface area contributed by atoms with Crippen molar-refractivity contribution in [2.45, 2.75) is 6.92 Å². The van der Waals surface area contributed by atoms with Crippen molar-refractivity contribution in [2.24, 2.45) is 0 Å². The van der Waals surface area contributed by atoms with Crippen LogP contribution in [0.25, 0.3) is 0 Å². The van der Waals surface area contributed by atoms with E-state index in [9.17, 15) is 9.59 Å². The quantitative estimate of drug-likeness (QED) is 0.802. The van der Waals surface area contributed by atoms with Crippen molar-refractivity contribution in [1.29, 1.82) is 0 Å². The van der Waals surface area contributed by atoms with Gasteiger partial charge in [-0.1, -0.05) is 29.5 Å². The Morgan fingerprint density at radius 1 is 1.06 bits per heavy atom. The van der Waals surface area contributed by atoms with Crippen molar-refractivity contribution in [1.82, 2.24) is 10.2 Å². The van der Waals surface area contributed by atoms with Gasteiger partial charge in [0.2, 0.25) is 5.13 Å². The summed E-state index contributed by atoms with van der Waals surface area (Å²) in [5.41, 5.74) is 0.561. The number of anilines is 2. The summed E-state index contributed by atoms with van der Waals surface area (Å²) >= 11 is 1.21. The van der Waals surface area contributed by atoms with E-state index < -0.39 is 11.8 Å². The van der Waals surface area contributed by atoms with Gasteiger partial charge in [0.05, 0.1) is 0 Å². The second kappa shape index (κ2) is 5.37. The number of aryl methyl sites for hydroxylation is 1. The molecule has 2 rings (SSSR count). The molecular weight excluding hydrogens is 252 g/mol. The summed E-state index contributed by atoms with van der Waals surface area (Å²) in [4.78, 5) is 23.1. The van der Waals surface area contributed by atoms with Gasteiger partial charge in [-0.2, -0.15) is 0 Å². The number of carbonyl (C=O) groups is 2. The van der Waals surface area contributed by atoms with Crippen LogP contribution in [0.4, 0.5) is 10.8 Å². The molecule has 0 unspecified atom stereocenters. The molecule has 1 aromatic carbocycles. The van der Waals surface area contributed by atoms with E-state index in [1.165, 1.54) is 11.3 Å². The topological polar surface area (TPSA) is 84.0 Å². The van der Waals surface area contributed by atoms with Crippen molar-refractivity contribution in [3.63, 3.8) is 0 Å². The van der Waals surface area contributed by atoms with Gasteiger partial charge in [0.1, 0.15) is 5.01 Å². The van der Waals surface area contributed by atoms with Crippen molar-refractivity contribution in [3.05, 3.63) is 35.3 Å². The summed E-state index contributed by atoms with van der Waals surface area (Å²) < 4.78 is 0. The Hall–Kier alpha value is -2.28. The summed E-state index contributed by atoms with van der Waals surface area (Å²) in [6.45, 7) is 1.76. The molecule has 0 fully saturated rings. The molecule has 18 heavy (non-hydrogen) atoms. The number of benzene rings is 1. The molecule has 2 aromatic rings. The first kappa shape index (κ1) is 12.2. The molecule has 0 spiro atoms. The zero-order chi connectivity index (χ0) is 13.0. The van der Waals surface area contributed by atoms with Crippen LogP contribution in [0.5, 0.6) is 0 Å². The van der Waals surface area contributed by atoms with Gasteiger partial charge in [-0.15, -0.1) is 10.2 Å². The molecule has 2 amide bonds. The number of rotatable bonds is 2. The van der Waals surface area contributed by atoms with E-state index >= 15 is 0 Å². The maximum atomic E-state index is 11.6. The lowest BCUT2D eigenvalue weighted by atomic mass is 10.3. The SMILES string of the molecule is Cc1nnc(NC(=O)C(=O)Nc2ccccc2)s1. The van der Waals surface area contributed by atoms with E-state index in [0.717, 1.165) is 0 Å². The number of nitrogens with one attached hydrogen (secondary N) is 2. The summed E-state index contributed by atoms with van der Waals surface area (Å²) in [6, 6.07) is 8.74. The number of amides is 2. The molecule has 7 heteroatoms. The third-order valence-electron chi connectivity index (χ3n) is 1.98. The number of carbonyl (C=O) groups excluding carboxylic acids is 2. The number of nitrogens with zero attached hydrogens (tertiary/aromatic N) is 2. The average Bonchev–Trinajstić information content (AvgIpc) is 2.76. The fraction of sp³-hybridized carbons (Fsp3) is 0.0909. The molecule has 0 aliphatic rings. The van der Waals surface area contributed by atoms with Crippen molar-refractivity contribution in [3.8, 4) is 0 Å². The molecule has 0 aliphatic carbocycles. The highest BCUT2D eigenvalue weighted by Gasteiger charge is 2.15. The molecule has 1 aromatic heterocycles. The predicted octanol–water partition coefficient (Wildman–Crippen LogP) is 1.42. The first-order chi connectivity index (χ1) is 8.65. The van der Waals surface area contributed by atoms with Gasteiger partial charge in [0.15, 0.2) is 0 Å². The predicted molar refractivity (Wildman–Crippen MR) is 68.3 cm³/mol. The first-order valence-corrected chi connectivity index (χ1v) is 5.94. The highest BCUT2D eigenvalue weighted by molar-refractivity contribution is 7.15. The molecule has 2 N–H and O–H groups in total. The fourth-order valence-corrected chi connectivity index (χ4v) is 1.80. The Morgan fingerprint density at radius 3 is 2.33 bits per heavy atom. The first-order valence-electron chi connectivity index (χ1n) is 5.12. The third-order valence-corrected chi connectivity index (χ3v) is 2.74. The highest BCUT2D eigenvalue weighted by atomic mass is 32.1. The van der Waals surface area contributed by atoms with Crippen LogP contribution >= 0.6 is 11.3 Å². The largest absolute Gasteiger partial charge is 0.318 e. The summed E-state index contributed by atoms with van der Waals surface area (Å²) in [6.07, 6.45) is 0. The summed E-state index contributed by atoms with van der Waals surface area (Å²) in [7, 11) is 0. The van der Waals surface area contributed by atoms with Gasteiger partial charge in [0.25, 0.3) is 0 Å². The van der Waals surface area contributed by atoms with Crippen molar-refractivity contribution >= 4 is 34.0 Å². The van der Waals surface area contributed by atoms with Gasteiger partial charge in [-0.3, -0.25) is 14.9 Å². The minimum Gasteiger partial charge on any atom is -0.318 e. The van der Waals surface area contributed by atoms with Gasteiger partial charge >= 0.3 is 11.8 Å². The zero-order valence-electron chi connectivity index (χ0n) is 9.51.